The summed E-state index contributed by atoms with van der Waals surface area (Å²) in [6.45, 7) is 4.76. The van der Waals surface area contributed by atoms with Crippen LogP contribution in [0.1, 0.15) is 33.1 Å². The Labute approximate surface area is 115 Å². The van der Waals surface area contributed by atoms with E-state index in [9.17, 15) is 0 Å². The van der Waals surface area contributed by atoms with E-state index in [4.69, 9.17) is 0 Å². The summed E-state index contributed by atoms with van der Waals surface area (Å²) in [7, 11) is 0. The van der Waals surface area contributed by atoms with Gasteiger partial charge in [-0.25, -0.2) is 0 Å². The summed E-state index contributed by atoms with van der Waals surface area (Å²) in [5.74, 6) is 1.69. The predicted octanol–water partition coefficient (Wildman–Crippen LogP) is 4.47. The van der Waals surface area contributed by atoms with Crippen molar-refractivity contribution >= 4 is 16.5 Å². The second-order valence-electron chi connectivity index (χ2n) is 6.01. The molecule has 3 atom stereocenters. The van der Waals surface area contributed by atoms with Crippen LogP contribution in [0.3, 0.4) is 0 Å². The van der Waals surface area contributed by atoms with Gasteiger partial charge in [0.2, 0.25) is 0 Å². The molecule has 100 valence electrons. The molecule has 0 radical (unpaired) electrons. The highest BCUT2D eigenvalue weighted by atomic mass is 14.9. The average Bonchev–Trinajstić information content (AvgIpc) is 2.43. The van der Waals surface area contributed by atoms with Crippen LogP contribution in [0.25, 0.3) is 10.8 Å². The van der Waals surface area contributed by atoms with E-state index in [0.29, 0.717) is 6.04 Å². The van der Waals surface area contributed by atoms with Crippen molar-refractivity contribution in [1.82, 2.24) is 4.98 Å². The SMILES string of the molecule is CC1CCC(Nc2cccc3cnccc23)CC1C. The molecule has 2 nitrogen and oxygen atoms in total. The van der Waals surface area contributed by atoms with Crippen molar-refractivity contribution in [1.29, 1.82) is 0 Å². The first-order chi connectivity index (χ1) is 9.24. The lowest BCUT2D eigenvalue weighted by atomic mass is 9.79. The fourth-order valence-electron chi connectivity index (χ4n) is 3.15. The van der Waals surface area contributed by atoms with E-state index < -0.39 is 0 Å². The molecule has 1 N–H and O–H groups in total. The van der Waals surface area contributed by atoms with Gasteiger partial charge in [0.15, 0.2) is 0 Å². The van der Waals surface area contributed by atoms with Crippen molar-refractivity contribution in [3.8, 4) is 0 Å². The fraction of sp³-hybridized carbons (Fsp3) is 0.471. The molecule has 0 aliphatic heterocycles. The third kappa shape index (κ3) is 2.58. The minimum absolute atomic E-state index is 0.616. The van der Waals surface area contributed by atoms with Gasteiger partial charge in [-0.15, -0.1) is 0 Å². The van der Waals surface area contributed by atoms with Crippen LogP contribution in [0.5, 0.6) is 0 Å². The average molecular weight is 254 g/mol. The minimum atomic E-state index is 0.616. The van der Waals surface area contributed by atoms with E-state index in [0.717, 1.165) is 11.8 Å². The van der Waals surface area contributed by atoms with Crippen molar-refractivity contribution < 1.29 is 0 Å². The normalized spacial score (nSPS) is 27.4. The summed E-state index contributed by atoms with van der Waals surface area (Å²) >= 11 is 0. The number of nitrogens with zero attached hydrogens (tertiary/aromatic N) is 1. The Kier molecular flexibility index (Phi) is 3.41. The molecule has 2 heteroatoms. The molecule has 1 heterocycles. The van der Waals surface area contributed by atoms with Crippen molar-refractivity contribution in [2.24, 2.45) is 11.8 Å². The van der Waals surface area contributed by atoms with Gasteiger partial charge in [-0.1, -0.05) is 26.0 Å². The molecule has 0 bridgehead atoms. The highest BCUT2D eigenvalue weighted by molar-refractivity contribution is 5.93. The fourth-order valence-corrected chi connectivity index (χ4v) is 3.15. The second-order valence-corrected chi connectivity index (χ2v) is 6.01. The molecule has 1 aromatic carbocycles. The molecular formula is C17H22N2. The van der Waals surface area contributed by atoms with E-state index >= 15 is 0 Å². The van der Waals surface area contributed by atoms with Crippen LogP contribution in [-0.2, 0) is 0 Å². The molecule has 3 rings (SSSR count). The number of hydrogen-bond acceptors (Lipinski definition) is 2. The molecule has 3 unspecified atom stereocenters. The van der Waals surface area contributed by atoms with Crippen LogP contribution in [0, 0.1) is 11.8 Å². The van der Waals surface area contributed by atoms with Crippen LogP contribution in [0.4, 0.5) is 5.69 Å². The highest BCUT2D eigenvalue weighted by Crippen LogP contribution is 2.32. The first kappa shape index (κ1) is 12.5. The van der Waals surface area contributed by atoms with E-state index in [1.54, 1.807) is 0 Å². The van der Waals surface area contributed by atoms with Gasteiger partial charge in [-0.2, -0.15) is 0 Å². The van der Waals surface area contributed by atoms with Crippen LogP contribution in [0.15, 0.2) is 36.7 Å². The number of pyridine rings is 1. The van der Waals surface area contributed by atoms with Crippen LogP contribution in [-0.4, -0.2) is 11.0 Å². The van der Waals surface area contributed by atoms with Gasteiger partial charge in [0.1, 0.15) is 0 Å². The lowest BCUT2D eigenvalue weighted by Crippen LogP contribution is -2.30. The maximum absolute atomic E-state index is 4.20. The lowest BCUT2D eigenvalue weighted by Gasteiger charge is -2.33. The Hall–Kier alpha value is -1.57. The number of fused-ring (bicyclic) bond motifs is 1. The number of hydrogen-bond donors (Lipinski definition) is 1. The quantitative estimate of drug-likeness (QED) is 0.855. The smallest absolute Gasteiger partial charge is 0.0423 e. The van der Waals surface area contributed by atoms with Gasteiger partial charge in [0.25, 0.3) is 0 Å². The molecular weight excluding hydrogens is 232 g/mol. The Balaban J connectivity index is 1.82. The molecule has 0 spiro atoms. The maximum Gasteiger partial charge on any atom is 0.0423 e. The number of rotatable bonds is 2. The number of nitrogens with one attached hydrogen (secondary N) is 1. The van der Waals surface area contributed by atoms with Gasteiger partial charge in [-0.3, -0.25) is 4.98 Å². The first-order valence-electron chi connectivity index (χ1n) is 7.33. The Bertz CT molecular complexity index is 559. The molecule has 1 saturated carbocycles. The summed E-state index contributed by atoms with van der Waals surface area (Å²) in [5, 5.41) is 6.24. The minimum Gasteiger partial charge on any atom is -0.382 e. The summed E-state index contributed by atoms with van der Waals surface area (Å²) in [5.41, 5.74) is 1.26. The summed E-state index contributed by atoms with van der Waals surface area (Å²) in [6, 6.07) is 9.14. The standard InChI is InChI=1S/C17H22N2/c1-12-6-7-15(10-13(12)2)19-17-5-3-4-14-11-18-9-8-16(14)17/h3-5,8-9,11-13,15,19H,6-7,10H2,1-2H3. The number of benzene rings is 1. The van der Waals surface area contributed by atoms with Gasteiger partial charge >= 0.3 is 0 Å². The maximum atomic E-state index is 4.20. The highest BCUT2D eigenvalue weighted by Gasteiger charge is 2.24. The van der Waals surface area contributed by atoms with E-state index in [1.165, 1.54) is 35.7 Å². The molecule has 19 heavy (non-hydrogen) atoms. The molecule has 0 saturated heterocycles. The third-order valence-electron chi connectivity index (χ3n) is 4.64. The Morgan fingerprint density at radius 3 is 2.84 bits per heavy atom. The molecule has 1 aromatic heterocycles. The van der Waals surface area contributed by atoms with Crippen LogP contribution < -0.4 is 5.32 Å². The zero-order valence-electron chi connectivity index (χ0n) is 11.8. The van der Waals surface area contributed by atoms with Gasteiger partial charge in [-0.05, 0) is 43.2 Å². The lowest BCUT2D eigenvalue weighted by molar-refractivity contribution is 0.261. The Morgan fingerprint density at radius 2 is 2.00 bits per heavy atom. The zero-order valence-corrected chi connectivity index (χ0v) is 11.8. The largest absolute Gasteiger partial charge is 0.382 e. The monoisotopic (exact) mass is 254 g/mol. The van der Waals surface area contributed by atoms with Crippen LogP contribution >= 0.6 is 0 Å². The molecule has 2 aromatic rings. The zero-order chi connectivity index (χ0) is 13.2. The van der Waals surface area contributed by atoms with Gasteiger partial charge < -0.3 is 5.32 Å². The van der Waals surface area contributed by atoms with Crippen LogP contribution in [0.2, 0.25) is 0 Å². The number of anilines is 1. The molecule has 1 fully saturated rings. The van der Waals surface area contributed by atoms with Crippen molar-refractivity contribution in [3.05, 3.63) is 36.7 Å². The summed E-state index contributed by atoms with van der Waals surface area (Å²) in [4.78, 5) is 4.20. The van der Waals surface area contributed by atoms with Crippen molar-refractivity contribution in [3.63, 3.8) is 0 Å². The predicted molar refractivity (Wildman–Crippen MR) is 81.3 cm³/mol. The first-order valence-corrected chi connectivity index (χ1v) is 7.33. The molecule has 0 amide bonds. The Morgan fingerprint density at radius 1 is 1.11 bits per heavy atom. The summed E-state index contributed by atoms with van der Waals surface area (Å²) in [6.07, 6.45) is 7.71. The molecule has 1 aliphatic rings. The third-order valence-corrected chi connectivity index (χ3v) is 4.64. The van der Waals surface area contributed by atoms with E-state index in [2.05, 4.69) is 48.4 Å². The van der Waals surface area contributed by atoms with Gasteiger partial charge in [0, 0.05) is 34.9 Å². The van der Waals surface area contributed by atoms with Crippen molar-refractivity contribution in [2.45, 2.75) is 39.2 Å². The number of aromatic nitrogens is 1. The topological polar surface area (TPSA) is 24.9 Å². The second kappa shape index (κ2) is 5.20. The van der Waals surface area contributed by atoms with Crippen molar-refractivity contribution in [2.75, 3.05) is 5.32 Å². The van der Waals surface area contributed by atoms with E-state index in [1.807, 2.05) is 12.4 Å². The molecule has 1 aliphatic carbocycles. The van der Waals surface area contributed by atoms with E-state index in [-0.39, 0.29) is 0 Å². The van der Waals surface area contributed by atoms with Gasteiger partial charge in [0.05, 0.1) is 0 Å². The summed E-state index contributed by atoms with van der Waals surface area (Å²) < 4.78 is 0.